The molecule has 0 aliphatic heterocycles. The minimum absolute atomic E-state index is 0.231. The fourth-order valence-electron chi connectivity index (χ4n) is 1.85. The zero-order chi connectivity index (χ0) is 13.6. The third-order valence-electron chi connectivity index (χ3n) is 2.79. The second-order valence-corrected chi connectivity index (χ2v) is 4.90. The highest BCUT2D eigenvalue weighted by Crippen LogP contribution is 2.35. The summed E-state index contributed by atoms with van der Waals surface area (Å²) in [6, 6.07) is 7.43. The van der Waals surface area contributed by atoms with Gasteiger partial charge in [0.25, 0.3) is 0 Å². The number of halogens is 2. The van der Waals surface area contributed by atoms with Crippen molar-refractivity contribution in [2.24, 2.45) is 0 Å². The van der Waals surface area contributed by atoms with Gasteiger partial charge in [0.05, 0.1) is 21.1 Å². The van der Waals surface area contributed by atoms with Gasteiger partial charge in [-0.3, -0.25) is 0 Å². The van der Waals surface area contributed by atoms with Crippen molar-refractivity contribution in [2.75, 3.05) is 0 Å². The summed E-state index contributed by atoms with van der Waals surface area (Å²) >= 11 is 3.09. The van der Waals surface area contributed by atoms with Gasteiger partial charge in [-0.2, -0.15) is 0 Å². The summed E-state index contributed by atoms with van der Waals surface area (Å²) < 4.78 is 13.7. The minimum atomic E-state index is -0.400. The first-order chi connectivity index (χ1) is 9.06. The number of H-pyrrole nitrogens is 1. The highest BCUT2D eigenvalue weighted by molar-refractivity contribution is 9.10. The molecule has 3 aromatic rings. The number of imidazole rings is 1. The molecule has 1 aromatic heterocycles. The van der Waals surface area contributed by atoms with Gasteiger partial charge in [-0.05, 0) is 34.1 Å². The van der Waals surface area contributed by atoms with E-state index in [1.165, 1.54) is 12.1 Å². The number of hydrogen-bond donors (Lipinski definition) is 3. The van der Waals surface area contributed by atoms with Crippen LogP contribution in [0.15, 0.2) is 34.8 Å². The Kier molecular flexibility index (Phi) is 2.67. The maximum Gasteiger partial charge on any atom is 0.168 e. The molecule has 0 aliphatic rings. The molecule has 0 atom stereocenters. The lowest BCUT2D eigenvalue weighted by Crippen LogP contribution is -1.81. The molecule has 6 heteroatoms. The van der Waals surface area contributed by atoms with E-state index < -0.39 is 5.82 Å². The van der Waals surface area contributed by atoms with Gasteiger partial charge in [0, 0.05) is 6.07 Å². The standard InChI is InChI=1S/C13H8BrFN2O2/c14-7-4-9-10(5-8(7)15)17-13(16-9)6-2-1-3-11(18)12(6)19/h1-5,18-19H,(H,16,17). The van der Waals surface area contributed by atoms with Crippen molar-refractivity contribution >= 4 is 27.0 Å². The number of para-hydroxylation sites is 1. The highest BCUT2D eigenvalue weighted by atomic mass is 79.9. The Bertz CT molecular complexity index is 747. The molecule has 4 nitrogen and oxygen atoms in total. The zero-order valence-corrected chi connectivity index (χ0v) is 11.1. The normalized spacial score (nSPS) is 11.1. The predicted molar refractivity (Wildman–Crippen MR) is 72.5 cm³/mol. The molecule has 19 heavy (non-hydrogen) atoms. The minimum Gasteiger partial charge on any atom is -0.504 e. The molecule has 3 N–H and O–H groups in total. The summed E-state index contributed by atoms with van der Waals surface area (Å²) in [5, 5.41) is 19.3. The van der Waals surface area contributed by atoms with Crippen LogP contribution in [0.3, 0.4) is 0 Å². The number of phenols is 2. The lowest BCUT2D eigenvalue weighted by atomic mass is 10.2. The largest absolute Gasteiger partial charge is 0.504 e. The van der Waals surface area contributed by atoms with Crippen LogP contribution in [0.2, 0.25) is 0 Å². The molecule has 96 valence electrons. The topological polar surface area (TPSA) is 69.1 Å². The second kappa shape index (κ2) is 4.24. The number of phenolic OH excluding ortho intramolecular Hbond substituents is 2. The third-order valence-corrected chi connectivity index (χ3v) is 3.40. The highest BCUT2D eigenvalue weighted by Gasteiger charge is 2.13. The Labute approximate surface area is 115 Å². The van der Waals surface area contributed by atoms with Crippen LogP contribution in [0.1, 0.15) is 0 Å². The first-order valence-electron chi connectivity index (χ1n) is 5.42. The number of rotatable bonds is 1. The molecule has 0 spiro atoms. The van der Waals surface area contributed by atoms with E-state index in [9.17, 15) is 14.6 Å². The fraction of sp³-hybridized carbons (Fsp3) is 0. The van der Waals surface area contributed by atoms with Crippen LogP contribution >= 0.6 is 15.9 Å². The van der Waals surface area contributed by atoms with Crippen LogP contribution in [0, 0.1) is 5.82 Å². The van der Waals surface area contributed by atoms with Crippen LogP contribution in [0.4, 0.5) is 4.39 Å². The van der Waals surface area contributed by atoms with E-state index in [2.05, 4.69) is 25.9 Å². The van der Waals surface area contributed by atoms with Crippen molar-refractivity contribution in [2.45, 2.75) is 0 Å². The number of aromatic hydroxyl groups is 2. The Morgan fingerprint density at radius 1 is 1.21 bits per heavy atom. The molecule has 2 aromatic carbocycles. The number of nitrogens with one attached hydrogen (secondary N) is 1. The SMILES string of the molecule is Oc1cccc(-c2nc3cc(Br)c(F)cc3[nH]2)c1O. The van der Waals surface area contributed by atoms with Gasteiger partial charge in [0.2, 0.25) is 0 Å². The maximum atomic E-state index is 13.4. The van der Waals surface area contributed by atoms with Crippen molar-refractivity contribution in [3.05, 3.63) is 40.6 Å². The van der Waals surface area contributed by atoms with Gasteiger partial charge >= 0.3 is 0 Å². The lowest BCUT2D eigenvalue weighted by Gasteiger charge is -2.02. The van der Waals surface area contributed by atoms with E-state index >= 15 is 0 Å². The summed E-state index contributed by atoms with van der Waals surface area (Å²) in [6.07, 6.45) is 0. The number of benzene rings is 2. The molecular formula is C13H8BrFN2O2. The summed E-state index contributed by atoms with van der Waals surface area (Å²) in [5.74, 6) is -0.532. The van der Waals surface area contributed by atoms with Crippen molar-refractivity contribution in [3.63, 3.8) is 0 Å². The lowest BCUT2D eigenvalue weighted by molar-refractivity contribution is 0.405. The van der Waals surface area contributed by atoms with E-state index in [0.29, 0.717) is 26.9 Å². The summed E-state index contributed by atoms with van der Waals surface area (Å²) in [4.78, 5) is 7.17. The van der Waals surface area contributed by atoms with Gasteiger partial charge in [-0.25, -0.2) is 9.37 Å². The van der Waals surface area contributed by atoms with Crippen molar-refractivity contribution in [1.29, 1.82) is 0 Å². The number of hydrogen-bond acceptors (Lipinski definition) is 3. The monoisotopic (exact) mass is 322 g/mol. The van der Waals surface area contributed by atoms with E-state index in [0.717, 1.165) is 0 Å². The van der Waals surface area contributed by atoms with Crippen LogP contribution < -0.4 is 0 Å². The van der Waals surface area contributed by atoms with Gasteiger partial charge in [-0.15, -0.1) is 0 Å². The second-order valence-electron chi connectivity index (χ2n) is 4.04. The van der Waals surface area contributed by atoms with Crippen LogP contribution in [-0.2, 0) is 0 Å². The molecule has 0 radical (unpaired) electrons. The van der Waals surface area contributed by atoms with Gasteiger partial charge in [0.1, 0.15) is 11.6 Å². The molecule has 0 bridgehead atoms. The Hall–Kier alpha value is -2.08. The molecule has 0 aliphatic carbocycles. The zero-order valence-electron chi connectivity index (χ0n) is 9.48. The molecule has 1 heterocycles. The molecule has 0 amide bonds. The Morgan fingerprint density at radius 3 is 2.79 bits per heavy atom. The molecule has 3 rings (SSSR count). The van der Waals surface area contributed by atoms with E-state index in [1.54, 1.807) is 18.2 Å². The molecular weight excluding hydrogens is 315 g/mol. The Morgan fingerprint density at radius 2 is 2.00 bits per heavy atom. The quantitative estimate of drug-likeness (QED) is 0.600. The van der Waals surface area contributed by atoms with E-state index in [4.69, 9.17) is 0 Å². The molecule has 0 unspecified atom stereocenters. The average Bonchev–Trinajstić information content (AvgIpc) is 2.76. The fourth-order valence-corrected chi connectivity index (χ4v) is 2.19. The van der Waals surface area contributed by atoms with Crippen molar-refractivity contribution in [1.82, 2.24) is 9.97 Å². The van der Waals surface area contributed by atoms with E-state index in [1.807, 2.05) is 0 Å². The van der Waals surface area contributed by atoms with Gasteiger partial charge < -0.3 is 15.2 Å². The van der Waals surface area contributed by atoms with Crippen molar-refractivity contribution < 1.29 is 14.6 Å². The molecule has 0 saturated carbocycles. The third kappa shape index (κ3) is 1.94. The Balaban J connectivity index is 2.23. The number of nitrogens with zero attached hydrogens (tertiary/aromatic N) is 1. The number of aromatic nitrogens is 2. The first-order valence-corrected chi connectivity index (χ1v) is 6.21. The maximum absolute atomic E-state index is 13.4. The first kappa shape index (κ1) is 12.0. The number of aromatic amines is 1. The predicted octanol–water partition coefficient (Wildman–Crippen LogP) is 3.54. The average molecular weight is 323 g/mol. The van der Waals surface area contributed by atoms with Crippen LogP contribution in [0.25, 0.3) is 22.4 Å². The summed E-state index contributed by atoms with van der Waals surface area (Å²) in [6.45, 7) is 0. The van der Waals surface area contributed by atoms with E-state index in [-0.39, 0.29) is 11.5 Å². The van der Waals surface area contributed by atoms with Crippen molar-refractivity contribution in [3.8, 4) is 22.9 Å². The van der Waals surface area contributed by atoms with Gasteiger partial charge in [-0.1, -0.05) is 6.07 Å². The smallest absolute Gasteiger partial charge is 0.168 e. The van der Waals surface area contributed by atoms with Crippen LogP contribution in [-0.4, -0.2) is 20.2 Å². The molecule has 0 fully saturated rings. The summed E-state index contributed by atoms with van der Waals surface area (Å²) in [7, 11) is 0. The van der Waals surface area contributed by atoms with Gasteiger partial charge in [0.15, 0.2) is 11.5 Å². The van der Waals surface area contributed by atoms with Crippen LogP contribution in [0.5, 0.6) is 11.5 Å². The number of fused-ring (bicyclic) bond motifs is 1. The molecule has 0 saturated heterocycles. The summed E-state index contributed by atoms with van der Waals surface area (Å²) in [5.41, 5.74) is 1.43.